The maximum absolute atomic E-state index is 5.89. The molecule has 0 radical (unpaired) electrons. The van der Waals surface area contributed by atoms with Crippen LogP contribution in [-0.4, -0.2) is 35.5 Å². The number of halogens is 1. The van der Waals surface area contributed by atoms with Crippen molar-refractivity contribution in [3.05, 3.63) is 12.3 Å². The second kappa shape index (κ2) is 3.85. The molecule has 1 fully saturated rings. The predicted molar refractivity (Wildman–Crippen MR) is 62.7 cm³/mol. The maximum Gasteiger partial charge on any atom is 0.226 e. The van der Waals surface area contributed by atoms with Crippen LogP contribution in [0.15, 0.2) is 12.3 Å². The van der Waals surface area contributed by atoms with Gasteiger partial charge in [-0.15, -0.1) is 11.6 Å². The first-order valence-corrected chi connectivity index (χ1v) is 5.53. The van der Waals surface area contributed by atoms with E-state index in [1.807, 2.05) is 25.1 Å². The molecular weight excluding hydrogens is 212 g/mol. The number of nitrogens with zero attached hydrogens (tertiary/aromatic N) is 3. The number of hydrogen-bond donors (Lipinski definition) is 1. The van der Waals surface area contributed by atoms with Crippen LogP contribution in [0.4, 0.5) is 11.8 Å². The fourth-order valence-corrected chi connectivity index (χ4v) is 1.68. The van der Waals surface area contributed by atoms with Gasteiger partial charge < -0.3 is 10.2 Å². The average molecular weight is 227 g/mol. The number of hydrogen-bond acceptors (Lipinski definition) is 4. The van der Waals surface area contributed by atoms with Crippen LogP contribution in [-0.2, 0) is 0 Å². The number of rotatable bonds is 4. The van der Waals surface area contributed by atoms with Crippen molar-refractivity contribution in [1.29, 1.82) is 0 Å². The standard InChI is InChI=1S/C10H15ClN4/c1-15(2)9-12-6-3-8(13-9)14-10(7-11)4-5-10/h3,6H,4-5,7H2,1-2H3,(H,12,13,14). The Morgan fingerprint density at radius 2 is 2.27 bits per heavy atom. The lowest BCUT2D eigenvalue weighted by Gasteiger charge is -2.16. The van der Waals surface area contributed by atoms with E-state index in [2.05, 4.69) is 15.3 Å². The molecule has 1 aliphatic rings. The van der Waals surface area contributed by atoms with Crippen LogP contribution >= 0.6 is 11.6 Å². The van der Waals surface area contributed by atoms with Crippen molar-refractivity contribution in [3.8, 4) is 0 Å². The van der Waals surface area contributed by atoms with Crippen molar-refractivity contribution in [3.63, 3.8) is 0 Å². The van der Waals surface area contributed by atoms with Gasteiger partial charge in [0.1, 0.15) is 5.82 Å². The highest BCUT2D eigenvalue weighted by Crippen LogP contribution is 2.39. The van der Waals surface area contributed by atoms with Crippen LogP contribution in [0.1, 0.15) is 12.8 Å². The lowest BCUT2D eigenvalue weighted by Crippen LogP contribution is -2.24. The van der Waals surface area contributed by atoms with Gasteiger partial charge in [-0.05, 0) is 18.9 Å². The van der Waals surface area contributed by atoms with E-state index in [0.29, 0.717) is 11.8 Å². The summed E-state index contributed by atoms with van der Waals surface area (Å²) in [5, 5.41) is 3.36. The highest BCUT2D eigenvalue weighted by molar-refractivity contribution is 6.19. The van der Waals surface area contributed by atoms with Crippen LogP contribution in [0.25, 0.3) is 0 Å². The van der Waals surface area contributed by atoms with Gasteiger partial charge in [-0.2, -0.15) is 4.98 Å². The van der Waals surface area contributed by atoms with Gasteiger partial charge in [-0.25, -0.2) is 4.98 Å². The quantitative estimate of drug-likeness (QED) is 0.794. The highest BCUT2D eigenvalue weighted by atomic mass is 35.5. The molecule has 0 atom stereocenters. The molecule has 0 aliphatic heterocycles. The molecule has 2 rings (SSSR count). The van der Waals surface area contributed by atoms with Crippen molar-refractivity contribution in [2.45, 2.75) is 18.4 Å². The Morgan fingerprint density at radius 3 is 2.80 bits per heavy atom. The molecule has 15 heavy (non-hydrogen) atoms. The minimum absolute atomic E-state index is 0.0828. The fraction of sp³-hybridized carbons (Fsp3) is 0.600. The Kier molecular flexibility index (Phi) is 2.69. The molecule has 0 bridgehead atoms. The summed E-state index contributed by atoms with van der Waals surface area (Å²) in [5.74, 6) is 2.20. The van der Waals surface area contributed by atoms with E-state index in [0.717, 1.165) is 18.7 Å². The molecule has 0 amide bonds. The molecule has 0 spiro atoms. The van der Waals surface area contributed by atoms with E-state index in [9.17, 15) is 0 Å². The summed E-state index contributed by atoms with van der Waals surface area (Å²) in [6.07, 6.45) is 4.00. The van der Waals surface area contributed by atoms with Gasteiger partial charge in [0, 0.05) is 26.2 Å². The van der Waals surface area contributed by atoms with Gasteiger partial charge in [0.05, 0.1) is 5.54 Å². The third-order valence-corrected chi connectivity index (χ3v) is 3.06. The zero-order chi connectivity index (χ0) is 10.9. The number of alkyl halides is 1. The van der Waals surface area contributed by atoms with Gasteiger partial charge in [-0.1, -0.05) is 0 Å². The first-order valence-electron chi connectivity index (χ1n) is 5.00. The third-order valence-electron chi connectivity index (χ3n) is 2.55. The van der Waals surface area contributed by atoms with Crippen molar-refractivity contribution in [2.24, 2.45) is 0 Å². The molecular formula is C10H15ClN4. The summed E-state index contributed by atoms with van der Waals surface area (Å²) in [4.78, 5) is 10.4. The Morgan fingerprint density at radius 1 is 1.53 bits per heavy atom. The normalized spacial score (nSPS) is 17.3. The van der Waals surface area contributed by atoms with Crippen molar-refractivity contribution in [1.82, 2.24) is 9.97 Å². The van der Waals surface area contributed by atoms with E-state index in [1.54, 1.807) is 6.20 Å². The smallest absolute Gasteiger partial charge is 0.226 e. The average Bonchev–Trinajstić information content (AvgIpc) is 2.99. The van der Waals surface area contributed by atoms with Crippen LogP contribution in [0.5, 0.6) is 0 Å². The number of nitrogens with one attached hydrogen (secondary N) is 1. The minimum atomic E-state index is 0.0828. The summed E-state index contributed by atoms with van der Waals surface area (Å²) in [7, 11) is 3.85. The first kappa shape index (κ1) is 10.5. The van der Waals surface area contributed by atoms with Gasteiger partial charge in [0.25, 0.3) is 0 Å². The summed E-state index contributed by atoms with van der Waals surface area (Å²) >= 11 is 5.89. The summed E-state index contributed by atoms with van der Waals surface area (Å²) in [6, 6.07) is 1.87. The molecule has 0 unspecified atom stereocenters. The molecule has 1 aliphatic carbocycles. The zero-order valence-electron chi connectivity index (χ0n) is 9.00. The Hall–Kier alpha value is -1.03. The molecule has 1 aromatic rings. The van der Waals surface area contributed by atoms with E-state index < -0.39 is 0 Å². The number of aromatic nitrogens is 2. The second-order valence-electron chi connectivity index (χ2n) is 4.18. The van der Waals surface area contributed by atoms with Gasteiger partial charge in [0.2, 0.25) is 5.95 Å². The largest absolute Gasteiger partial charge is 0.363 e. The monoisotopic (exact) mass is 226 g/mol. The molecule has 1 saturated carbocycles. The Labute approximate surface area is 94.7 Å². The predicted octanol–water partition coefficient (Wildman–Crippen LogP) is 1.73. The van der Waals surface area contributed by atoms with E-state index in [-0.39, 0.29) is 5.54 Å². The first-order chi connectivity index (χ1) is 7.15. The molecule has 1 aromatic heterocycles. The Bertz CT molecular complexity index is 349. The van der Waals surface area contributed by atoms with E-state index in [4.69, 9.17) is 11.6 Å². The second-order valence-corrected chi connectivity index (χ2v) is 4.44. The van der Waals surface area contributed by atoms with Crippen LogP contribution in [0, 0.1) is 0 Å². The van der Waals surface area contributed by atoms with Gasteiger partial charge in [-0.3, -0.25) is 0 Å². The molecule has 82 valence electrons. The zero-order valence-corrected chi connectivity index (χ0v) is 9.75. The van der Waals surface area contributed by atoms with Gasteiger partial charge >= 0.3 is 0 Å². The lowest BCUT2D eigenvalue weighted by atomic mass is 10.3. The van der Waals surface area contributed by atoms with Crippen molar-refractivity contribution < 1.29 is 0 Å². The van der Waals surface area contributed by atoms with Crippen molar-refractivity contribution >= 4 is 23.4 Å². The molecule has 4 nitrogen and oxygen atoms in total. The fourth-order valence-electron chi connectivity index (χ4n) is 1.35. The lowest BCUT2D eigenvalue weighted by molar-refractivity contribution is 0.825. The topological polar surface area (TPSA) is 41.1 Å². The summed E-state index contributed by atoms with van der Waals surface area (Å²) in [5.41, 5.74) is 0.0828. The van der Waals surface area contributed by atoms with Crippen LogP contribution in [0.2, 0.25) is 0 Å². The van der Waals surface area contributed by atoms with E-state index in [1.165, 1.54) is 0 Å². The van der Waals surface area contributed by atoms with Crippen LogP contribution in [0.3, 0.4) is 0 Å². The minimum Gasteiger partial charge on any atom is -0.363 e. The summed E-state index contributed by atoms with van der Waals surface area (Å²) < 4.78 is 0. The molecule has 1 N–H and O–H groups in total. The molecule has 5 heteroatoms. The van der Waals surface area contributed by atoms with Gasteiger partial charge in [0.15, 0.2) is 0 Å². The molecule has 1 heterocycles. The number of anilines is 2. The van der Waals surface area contributed by atoms with Crippen molar-refractivity contribution in [2.75, 3.05) is 30.2 Å². The Balaban J connectivity index is 2.11. The highest BCUT2D eigenvalue weighted by Gasteiger charge is 2.42. The van der Waals surface area contributed by atoms with E-state index >= 15 is 0 Å². The third kappa shape index (κ3) is 2.31. The SMILES string of the molecule is CN(C)c1nccc(NC2(CCl)CC2)n1. The summed E-state index contributed by atoms with van der Waals surface area (Å²) in [6.45, 7) is 0. The maximum atomic E-state index is 5.89. The molecule has 0 saturated heterocycles. The van der Waals surface area contributed by atoms with Crippen LogP contribution < -0.4 is 10.2 Å². The molecule has 0 aromatic carbocycles.